The van der Waals surface area contributed by atoms with Crippen molar-refractivity contribution in [2.24, 2.45) is 34.5 Å². The number of aryl methyl sites for hydroxylation is 2. The maximum absolute atomic E-state index is 13.2. The van der Waals surface area contributed by atoms with Crippen molar-refractivity contribution in [2.75, 3.05) is 0 Å². The van der Waals surface area contributed by atoms with Crippen molar-refractivity contribution in [3.8, 4) is 0 Å². The highest BCUT2D eigenvalue weighted by Crippen LogP contribution is 2.45. The van der Waals surface area contributed by atoms with Crippen LogP contribution in [-0.4, -0.2) is 114 Å². The number of carbonyl (C=O) groups is 4. The van der Waals surface area contributed by atoms with E-state index in [-0.39, 0.29) is 60.2 Å². The first-order valence-corrected chi connectivity index (χ1v) is 26.6. The number of rotatable bonds is 4. The van der Waals surface area contributed by atoms with E-state index in [1.165, 1.54) is 0 Å². The van der Waals surface area contributed by atoms with Crippen LogP contribution in [0.5, 0.6) is 0 Å². The van der Waals surface area contributed by atoms with Gasteiger partial charge in [-0.3, -0.25) is 19.2 Å². The summed E-state index contributed by atoms with van der Waals surface area (Å²) in [6, 6.07) is 0. The van der Waals surface area contributed by atoms with Crippen LogP contribution in [0.1, 0.15) is 162 Å². The molecule has 0 saturated carbocycles. The van der Waals surface area contributed by atoms with Crippen molar-refractivity contribution in [3.63, 3.8) is 0 Å². The summed E-state index contributed by atoms with van der Waals surface area (Å²) in [5, 5.41) is 49.1. The van der Waals surface area contributed by atoms with Gasteiger partial charge in [0.25, 0.3) is 0 Å². The standard InChI is InChI=1S/C27H41NO6S.C26H39NO6S/c1-15-9-8-10-27(7)22(34-27)12-20(16(2)11-19-14-35-18(4)28-19)33-23(30)13-21(29)26(5,6)25(32)17(3)24(15)31;1-14-8-7-9-19-21(32-19)11-20(15(2)10-18-13-34-17(4)27-18)33-23(29)12-22(28)26(5,6)25(31)16(3)24(14)30/h11,14-15,17,20-22,24,29,31H,8-10,12-13H2,1-7H3;10,13-14,16,19-22,24,28,30H,7-9,11-12H2,1-6H3/b16-11+;15-10+. The maximum Gasteiger partial charge on any atom is 0.309 e. The van der Waals surface area contributed by atoms with Gasteiger partial charge in [0.05, 0.1) is 93.4 Å². The Balaban J connectivity index is 0.000000258. The number of fused-ring (bicyclic) bond motifs is 2. The van der Waals surface area contributed by atoms with E-state index in [0.29, 0.717) is 12.8 Å². The minimum Gasteiger partial charge on any atom is -0.458 e. The predicted molar refractivity (Wildman–Crippen MR) is 267 cm³/mol. The van der Waals surface area contributed by atoms with Crippen molar-refractivity contribution in [1.29, 1.82) is 0 Å². The van der Waals surface area contributed by atoms with E-state index in [9.17, 15) is 39.6 Å². The Labute approximate surface area is 417 Å². The van der Waals surface area contributed by atoms with Gasteiger partial charge in [-0.15, -0.1) is 22.7 Å². The molecule has 6 rings (SSSR count). The molecule has 386 valence electrons. The molecule has 69 heavy (non-hydrogen) atoms. The van der Waals surface area contributed by atoms with E-state index in [4.69, 9.17) is 18.9 Å². The van der Waals surface area contributed by atoms with Crippen LogP contribution < -0.4 is 0 Å². The fraction of sp³-hybridized carbons (Fsp3) is 0.736. The largest absolute Gasteiger partial charge is 0.458 e. The number of carbonyl (C=O) groups excluding carboxylic acids is 4. The summed E-state index contributed by atoms with van der Waals surface area (Å²) in [7, 11) is 0. The Kier molecular flexibility index (Phi) is 19.3. The van der Waals surface area contributed by atoms with Crippen LogP contribution >= 0.6 is 22.7 Å². The summed E-state index contributed by atoms with van der Waals surface area (Å²) >= 11 is 3.12. The van der Waals surface area contributed by atoms with Crippen molar-refractivity contribution >= 4 is 58.3 Å². The second-order valence-electron chi connectivity index (χ2n) is 21.9. The lowest BCUT2D eigenvalue weighted by Gasteiger charge is -2.34. The Morgan fingerprint density at radius 1 is 0.652 bits per heavy atom. The molecule has 14 unspecified atom stereocenters. The van der Waals surface area contributed by atoms with Gasteiger partial charge in [0, 0.05) is 35.4 Å². The van der Waals surface area contributed by atoms with Gasteiger partial charge < -0.3 is 39.4 Å². The summed E-state index contributed by atoms with van der Waals surface area (Å²) in [6.45, 7) is 23.6. The predicted octanol–water partition coefficient (Wildman–Crippen LogP) is 8.56. The number of hydrogen-bond donors (Lipinski definition) is 4. The average molecular weight is 1000 g/mol. The van der Waals surface area contributed by atoms with E-state index in [0.717, 1.165) is 71.1 Å². The average Bonchev–Trinajstić information content (AvgIpc) is 4.04. The Morgan fingerprint density at radius 2 is 1.09 bits per heavy atom. The van der Waals surface area contributed by atoms with Crippen LogP contribution in [0.3, 0.4) is 0 Å². The molecule has 16 heteroatoms. The van der Waals surface area contributed by atoms with Gasteiger partial charge in [-0.25, -0.2) is 9.97 Å². The maximum atomic E-state index is 13.2. The number of nitrogens with zero attached hydrogens (tertiary/aromatic N) is 2. The first kappa shape index (κ1) is 56.7. The van der Waals surface area contributed by atoms with Gasteiger partial charge in [-0.1, -0.05) is 68.2 Å². The third-order valence-corrected chi connectivity index (χ3v) is 16.9. The third-order valence-electron chi connectivity index (χ3n) is 15.3. The molecule has 4 aliphatic heterocycles. The van der Waals surface area contributed by atoms with Gasteiger partial charge in [0.2, 0.25) is 0 Å². The van der Waals surface area contributed by atoms with Gasteiger partial charge in [0.1, 0.15) is 23.8 Å². The van der Waals surface area contributed by atoms with Crippen LogP contribution in [0.2, 0.25) is 0 Å². The van der Waals surface area contributed by atoms with E-state index >= 15 is 0 Å². The Morgan fingerprint density at radius 3 is 1.52 bits per heavy atom. The van der Waals surface area contributed by atoms with E-state index in [1.54, 1.807) is 64.2 Å². The molecular formula is C53H80N2O12S2. The molecule has 0 spiro atoms. The zero-order valence-electron chi connectivity index (χ0n) is 43.2. The number of hydrogen-bond acceptors (Lipinski definition) is 16. The molecule has 6 heterocycles. The first-order valence-electron chi connectivity index (χ1n) is 24.9. The minimum absolute atomic E-state index is 0.00770. The second-order valence-corrected chi connectivity index (χ2v) is 24.0. The molecular weight excluding hydrogens is 921 g/mol. The monoisotopic (exact) mass is 1000 g/mol. The molecule has 4 saturated heterocycles. The molecule has 4 fully saturated rings. The SMILES string of the molecule is C/C(=C\c1csc(C)n1)C1CC2OC2(C)CCCC(C)C(O)C(C)C(=O)C(C)(C)C(O)CC(=O)O1.C/C(=C\c1csc(C)n1)C1CC2OC2CCCC(C)C(O)C(C)C(=O)C(C)(C)C(O)CC(=O)O1. The van der Waals surface area contributed by atoms with Crippen LogP contribution in [-0.2, 0) is 38.1 Å². The summed E-state index contributed by atoms with van der Waals surface area (Å²) in [4.78, 5) is 61.1. The van der Waals surface area contributed by atoms with Crippen molar-refractivity contribution in [1.82, 2.24) is 9.97 Å². The number of cyclic esters (lactones) is 2. The summed E-state index contributed by atoms with van der Waals surface area (Å²) in [5.74, 6) is -3.06. The Bertz CT molecular complexity index is 2160. The summed E-state index contributed by atoms with van der Waals surface area (Å²) in [6.07, 6.45) is 4.27. The fourth-order valence-electron chi connectivity index (χ4n) is 9.85. The smallest absolute Gasteiger partial charge is 0.309 e. The number of ketones is 2. The van der Waals surface area contributed by atoms with Crippen molar-refractivity contribution in [3.05, 3.63) is 43.3 Å². The molecule has 14 nitrogen and oxygen atoms in total. The van der Waals surface area contributed by atoms with E-state index < -0.39 is 71.2 Å². The highest BCUT2D eigenvalue weighted by atomic mass is 32.1. The molecule has 2 aromatic rings. The normalized spacial score (nSPS) is 36.7. The zero-order chi connectivity index (χ0) is 51.3. The van der Waals surface area contributed by atoms with Gasteiger partial charge in [-0.05, 0) is 95.4 Å². The zero-order valence-corrected chi connectivity index (χ0v) is 44.8. The van der Waals surface area contributed by atoms with Gasteiger partial charge >= 0.3 is 11.9 Å². The lowest BCUT2D eigenvalue weighted by atomic mass is 9.73. The lowest BCUT2D eigenvalue weighted by Crippen LogP contribution is -2.45. The molecule has 0 amide bonds. The number of esters is 2. The molecule has 0 bridgehead atoms. The van der Waals surface area contributed by atoms with E-state index in [1.807, 2.05) is 64.5 Å². The summed E-state index contributed by atoms with van der Waals surface area (Å²) in [5.41, 5.74) is 0.673. The third kappa shape index (κ3) is 14.9. The highest BCUT2D eigenvalue weighted by molar-refractivity contribution is 7.09. The van der Waals surface area contributed by atoms with Gasteiger partial charge in [-0.2, -0.15) is 0 Å². The van der Waals surface area contributed by atoms with Crippen LogP contribution in [0.15, 0.2) is 21.9 Å². The molecule has 0 radical (unpaired) electrons. The molecule has 4 aliphatic rings. The highest BCUT2D eigenvalue weighted by Gasteiger charge is 2.53. The van der Waals surface area contributed by atoms with Crippen LogP contribution in [0, 0.1) is 48.3 Å². The van der Waals surface area contributed by atoms with Gasteiger partial charge in [0.15, 0.2) is 0 Å². The molecule has 4 N–H and O–H groups in total. The topological polar surface area (TPSA) is 218 Å². The number of thiazole rings is 2. The lowest BCUT2D eigenvalue weighted by molar-refractivity contribution is -0.156. The number of ether oxygens (including phenoxy) is 4. The quantitative estimate of drug-likeness (QED) is 0.167. The van der Waals surface area contributed by atoms with Crippen LogP contribution in [0.4, 0.5) is 0 Å². The number of aliphatic hydroxyl groups excluding tert-OH is 4. The fourth-order valence-corrected chi connectivity index (χ4v) is 11.0. The molecule has 0 aliphatic carbocycles. The van der Waals surface area contributed by atoms with Crippen molar-refractivity contribution < 1.29 is 58.6 Å². The second kappa shape index (κ2) is 23.6. The van der Waals surface area contributed by atoms with E-state index in [2.05, 4.69) is 16.9 Å². The number of aliphatic hydroxyl groups is 4. The summed E-state index contributed by atoms with van der Waals surface area (Å²) < 4.78 is 23.6. The molecule has 0 aromatic carbocycles. The number of epoxide rings is 2. The molecule has 2 aromatic heterocycles. The van der Waals surface area contributed by atoms with Crippen LogP contribution in [0.25, 0.3) is 12.2 Å². The minimum atomic E-state index is -1.23. The first-order chi connectivity index (χ1) is 32.1. The van der Waals surface area contributed by atoms with Crippen molar-refractivity contribution in [2.45, 2.75) is 215 Å². The molecule has 14 atom stereocenters. The Hall–Kier alpha value is -3.22. The number of aromatic nitrogens is 2. The number of Topliss-reactive ketones (excluding diaryl/α,β-unsaturated/α-hetero) is 2.